The van der Waals surface area contributed by atoms with E-state index in [2.05, 4.69) is 0 Å². The second-order valence-corrected chi connectivity index (χ2v) is 5.63. The number of hydrogen-bond donors (Lipinski definition) is 1. The van der Waals surface area contributed by atoms with Crippen LogP contribution in [-0.4, -0.2) is 11.0 Å². The van der Waals surface area contributed by atoms with Crippen molar-refractivity contribution in [2.45, 2.75) is 51.0 Å². The fraction of sp³-hybridized carbons (Fsp3) is 0.600. The van der Waals surface area contributed by atoms with Crippen LogP contribution in [0.2, 0.25) is 0 Å². The Hall–Kier alpha value is -1.42. The number of nitro groups is 1. The van der Waals surface area contributed by atoms with Crippen molar-refractivity contribution in [2.75, 3.05) is 0 Å². The number of nitro benzene ring substituents is 1. The molecule has 19 heavy (non-hydrogen) atoms. The van der Waals surface area contributed by atoms with Crippen molar-refractivity contribution in [2.24, 2.45) is 11.7 Å². The monoisotopic (exact) mass is 262 g/mol. The highest BCUT2D eigenvalue weighted by atomic mass is 16.6. The quantitative estimate of drug-likeness (QED) is 0.652. The molecule has 0 bridgehead atoms. The van der Waals surface area contributed by atoms with Crippen LogP contribution in [0.25, 0.3) is 0 Å². The topological polar surface area (TPSA) is 69.2 Å². The molecule has 1 fully saturated rings. The van der Waals surface area contributed by atoms with Gasteiger partial charge in [0.15, 0.2) is 0 Å². The number of benzene rings is 1. The standard InChI is InChI=1S/C15H22N2O2/c16-14(10-12-4-2-1-3-5-12)11-13-6-8-15(9-7-13)17(18)19/h6-9,12,14H,1-5,10-11,16H2. The Labute approximate surface area is 114 Å². The maximum absolute atomic E-state index is 10.6. The lowest BCUT2D eigenvalue weighted by molar-refractivity contribution is -0.384. The SMILES string of the molecule is NC(Cc1ccc([N+](=O)[O-])cc1)CC1CCCCC1. The Morgan fingerprint density at radius 1 is 1.21 bits per heavy atom. The predicted molar refractivity (Wildman–Crippen MR) is 76.0 cm³/mol. The zero-order valence-electron chi connectivity index (χ0n) is 11.3. The lowest BCUT2D eigenvalue weighted by atomic mass is 9.84. The minimum absolute atomic E-state index is 0.143. The van der Waals surface area contributed by atoms with E-state index in [1.54, 1.807) is 12.1 Å². The highest BCUT2D eigenvalue weighted by molar-refractivity contribution is 5.33. The second kappa shape index (κ2) is 6.66. The van der Waals surface area contributed by atoms with Crippen LogP contribution in [-0.2, 0) is 6.42 Å². The molecule has 1 aliphatic carbocycles. The van der Waals surface area contributed by atoms with Crippen LogP contribution in [0.15, 0.2) is 24.3 Å². The summed E-state index contributed by atoms with van der Waals surface area (Å²) in [5.41, 5.74) is 7.44. The van der Waals surface area contributed by atoms with Gasteiger partial charge in [-0.2, -0.15) is 0 Å². The fourth-order valence-electron chi connectivity index (χ4n) is 2.99. The molecule has 0 radical (unpaired) electrons. The van der Waals surface area contributed by atoms with Gasteiger partial charge in [0.2, 0.25) is 0 Å². The van der Waals surface area contributed by atoms with Gasteiger partial charge in [-0.05, 0) is 24.3 Å². The highest BCUT2D eigenvalue weighted by Gasteiger charge is 2.17. The van der Waals surface area contributed by atoms with Gasteiger partial charge in [0.25, 0.3) is 5.69 Å². The molecule has 0 amide bonds. The van der Waals surface area contributed by atoms with Gasteiger partial charge in [-0.15, -0.1) is 0 Å². The van der Waals surface area contributed by atoms with Crippen molar-refractivity contribution in [3.05, 3.63) is 39.9 Å². The van der Waals surface area contributed by atoms with Crippen LogP contribution in [0, 0.1) is 16.0 Å². The smallest absolute Gasteiger partial charge is 0.269 e. The van der Waals surface area contributed by atoms with Crippen molar-refractivity contribution in [1.29, 1.82) is 0 Å². The Bertz CT molecular complexity index is 411. The first-order valence-electron chi connectivity index (χ1n) is 7.14. The molecule has 2 N–H and O–H groups in total. The molecule has 0 aromatic heterocycles. The number of hydrogen-bond acceptors (Lipinski definition) is 3. The molecule has 1 aromatic carbocycles. The summed E-state index contributed by atoms with van der Waals surface area (Å²) in [4.78, 5) is 10.2. The third kappa shape index (κ3) is 4.31. The van der Waals surface area contributed by atoms with Crippen LogP contribution in [0.5, 0.6) is 0 Å². The molecule has 104 valence electrons. The van der Waals surface area contributed by atoms with Crippen LogP contribution in [0.3, 0.4) is 0 Å². The first-order valence-corrected chi connectivity index (χ1v) is 7.14. The first kappa shape index (κ1) is 14.0. The minimum atomic E-state index is -0.369. The number of rotatable bonds is 5. The Morgan fingerprint density at radius 3 is 2.42 bits per heavy atom. The van der Waals surface area contributed by atoms with Crippen molar-refractivity contribution in [1.82, 2.24) is 0 Å². The Kier molecular flexibility index (Phi) is 4.91. The van der Waals surface area contributed by atoms with Crippen molar-refractivity contribution in [3.8, 4) is 0 Å². The van der Waals surface area contributed by atoms with E-state index < -0.39 is 0 Å². The molecular formula is C15H22N2O2. The van der Waals surface area contributed by atoms with E-state index >= 15 is 0 Å². The molecular weight excluding hydrogens is 240 g/mol. The van der Waals surface area contributed by atoms with E-state index in [4.69, 9.17) is 5.73 Å². The lowest BCUT2D eigenvalue weighted by Gasteiger charge is -2.24. The molecule has 0 heterocycles. The normalized spacial score (nSPS) is 18.2. The fourth-order valence-corrected chi connectivity index (χ4v) is 2.99. The third-order valence-electron chi connectivity index (χ3n) is 4.01. The van der Waals surface area contributed by atoms with Crippen molar-refractivity contribution < 1.29 is 4.92 Å². The maximum atomic E-state index is 10.6. The highest BCUT2D eigenvalue weighted by Crippen LogP contribution is 2.27. The molecule has 0 saturated heterocycles. The van der Waals surface area contributed by atoms with Crippen LogP contribution in [0.4, 0.5) is 5.69 Å². The van der Waals surface area contributed by atoms with Gasteiger partial charge >= 0.3 is 0 Å². The van der Waals surface area contributed by atoms with E-state index in [1.165, 1.54) is 32.1 Å². The van der Waals surface area contributed by atoms with Crippen LogP contribution >= 0.6 is 0 Å². The van der Waals surface area contributed by atoms with E-state index in [9.17, 15) is 10.1 Å². The summed E-state index contributed by atoms with van der Waals surface area (Å²) >= 11 is 0. The summed E-state index contributed by atoms with van der Waals surface area (Å²) in [6.07, 6.45) is 8.57. The van der Waals surface area contributed by atoms with Crippen LogP contribution < -0.4 is 5.73 Å². The molecule has 4 nitrogen and oxygen atoms in total. The number of nitrogens with two attached hydrogens (primary N) is 1. The molecule has 1 aliphatic rings. The zero-order valence-corrected chi connectivity index (χ0v) is 11.3. The molecule has 1 aromatic rings. The summed E-state index contributed by atoms with van der Waals surface area (Å²) in [7, 11) is 0. The van der Waals surface area contributed by atoms with Crippen molar-refractivity contribution >= 4 is 5.69 Å². The van der Waals surface area contributed by atoms with Gasteiger partial charge in [0, 0.05) is 18.2 Å². The van der Waals surface area contributed by atoms with Gasteiger partial charge in [-0.3, -0.25) is 10.1 Å². The number of nitrogens with zero attached hydrogens (tertiary/aromatic N) is 1. The summed E-state index contributed by atoms with van der Waals surface area (Å²) in [6.45, 7) is 0. The first-order chi connectivity index (χ1) is 9.15. The van der Waals surface area contributed by atoms with E-state index in [0.717, 1.165) is 24.3 Å². The Morgan fingerprint density at radius 2 is 1.84 bits per heavy atom. The maximum Gasteiger partial charge on any atom is 0.269 e. The average molecular weight is 262 g/mol. The van der Waals surface area contributed by atoms with Gasteiger partial charge in [0.1, 0.15) is 0 Å². The summed E-state index contributed by atoms with van der Waals surface area (Å²) in [6, 6.07) is 6.92. The second-order valence-electron chi connectivity index (χ2n) is 5.63. The molecule has 0 spiro atoms. The molecule has 0 aliphatic heterocycles. The summed E-state index contributed by atoms with van der Waals surface area (Å²) < 4.78 is 0. The predicted octanol–water partition coefficient (Wildman–Crippen LogP) is 3.44. The largest absolute Gasteiger partial charge is 0.327 e. The lowest BCUT2D eigenvalue weighted by Crippen LogP contribution is -2.27. The van der Waals surface area contributed by atoms with E-state index in [1.807, 2.05) is 12.1 Å². The minimum Gasteiger partial charge on any atom is -0.327 e. The van der Waals surface area contributed by atoms with E-state index in [-0.39, 0.29) is 16.7 Å². The molecule has 4 heteroatoms. The Balaban J connectivity index is 1.83. The molecule has 2 rings (SSSR count). The van der Waals surface area contributed by atoms with Gasteiger partial charge < -0.3 is 5.73 Å². The van der Waals surface area contributed by atoms with E-state index in [0.29, 0.717) is 0 Å². The zero-order chi connectivity index (χ0) is 13.7. The third-order valence-corrected chi connectivity index (χ3v) is 4.01. The average Bonchev–Trinajstić information content (AvgIpc) is 2.40. The number of non-ortho nitro benzene ring substituents is 1. The molecule has 1 unspecified atom stereocenters. The molecule has 1 saturated carbocycles. The summed E-state index contributed by atoms with van der Waals surface area (Å²) in [5.74, 6) is 0.779. The molecule has 1 atom stereocenters. The van der Waals surface area contributed by atoms with Gasteiger partial charge in [-0.1, -0.05) is 44.2 Å². The van der Waals surface area contributed by atoms with Gasteiger partial charge in [0.05, 0.1) is 4.92 Å². The van der Waals surface area contributed by atoms with Crippen molar-refractivity contribution in [3.63, 3.8) is 0 Å². The summed E-state index contributed by atoms with van der Waals surface area (Å²) in [5, 5.41) is 10.6. The van der Waals surface area contributed by atoms with Gasteiger partial charge in [-0.25, -0.2) is 0 Å². The van der Waals surface area contributed by atoms with Crippen LogP contribution in [0.1, 0.15) is 44.1 Å².